The minimum atomic E-state index is 0.0245. The van der Waals surface area contributed by atoms with Crippen molar-refractivity contribution in [2.24, 2.45) is 0 Å². The molecule has 2 N–H and O–H groups in total. The SMILES string of the molecule is CCc1nc(CC(=O)NCCNCCOC)cs1. The van der Waals surface area contributed by atoms with Crippen LogP contribution in [-0.4, -0.2) is 44.2 Å². The highest BCUT2D eigenvalue weighted by molar-refractivity contribution is 7.09. The quantitative estimate of drug-likeness (QED) is 0.646. The number of aryl methyl sites for hydroxylation is 1. The van der Waals surface area contributed by atoms with E-state index in [1.54, 1.807) is 18.4 Å². The Bertz CT molecular complexity index is 355. The maximum atomic E-state index is 11.6. The van der Waals surface area contributed by atoms with Crippen LogP contribution in [0.25, 0.3) is 0 Å². The first-order valence-electron chi connectivity index (χ1n) is 6.16. The summed E-state index contributed by atoms with van der Waals surface area (Å²) in [7, 11) is 1.67. The molecule has 5 nitrogen and oxygen atoms in total. The summed E-state index contributed by atoms with van der Waals surface area (Å²) < 4.78 is 4.90. The lowest BCUT2D eigenvalue weighted by Gasteiger charge is -2.05. The van der Waals surface area contributed by atoms with Crippen molar-refractivity contribution in [3.63, 3.8) is 0 Å². The number of carbonyl (C=O) groups is 1. The summed E-state index contributed by atoms with van der Waals surface area (Å²) in [6, 6.07) is 0. The maximum absolute atomic E-state index is 11.6. The first kappa shape index (κ1) is 15.1. The van der Waals surface area contributed by atoms with Gasteiger partial charge in [-0.15, -0.1) is 11.3 Å². The van der Waals surface area contributed by atoms with Gasteiger partial charge in [0.25, 0.3) is 0 Å². The van der Waals surface area contributed by atoms with Crippen LogP contribution < -0.4 is 10.6 Å². The van der Waals surface area contributed by atoms with Crippen LogP contribution in [0.1, 0.15) is 17.6 Å². The van der Waals surface area contributed by atoms with Gasteiger partial charge in [-0.1, -0.05) is 6.92 Å². The zero-order valence-electron chi connectivity index (χ0n) is 11.0. The normalized spacial score (nSPS) is 10.6. The number of hydrogen-bond acceptors (Lipinski definition) is 5. The number of thiazole rings is 1. The number of nitrogens with one attached hydrogen (secondary N) is 2. The average Bonchev–Trinajstić information content (AvgIpc) is 2.81. The van der Waals surface area contributed by atoms with Gasteiger partial charge in [0.2, 0.25) is 5.91 Å². The van der Waals surface area contributed by atoms with Crippen LogP contribution in [0.3, 0.4) is 0 Å². The molecule has 6 heteroatoms. The highest BCUT2D eigenvalue weighted by Gasteiger charge is 2.06. The number of carbonyl (C=O) groups excluding carboxylic acids is 1. The second kappa shape index (κ2) is 9.02. The van der Waals surface area contributed by atoms with Crippen molar-refractivity contribution in [2.75, 3.05) is 33.4 Å². The molecule has 0 saturated heterocycles. The van der Waals surface area contributed by atoms with Crippen LogP contribution >= 0.6 is 11.3 Å². The Hall–Kier alpha value is -0.980. The molecule has 0 saturated carbocycles. The molecule has 0 aliphatic heterocycles. The Morgan fingerprint density at radius 2 is 2.28 bits per heavy atom. The Morgan fingerprint density at radius 1 is 1.44 bits per heavy atom. The highest BCUT2D eigenvalue weighted by atomic mass is 32.1. The Morgan fingerprint density at radius 3 is 2.94 bits per heavy atom. The fourth-order valence-electron chi connectivity index (χ4n) is 1.41. The van der Waals surface area contributed by atoms with Crippen LogP contribution in [0.15, 0.2) is 5.38 Å². The van der Waals surface area contributed by atoms with Gasteiger partial charge in [-0.2, -0.15) is 0 Å². The van der Waals surface area contributed by atoms with E-state index in [-0.39, 0.29) is 5.91 Å². The molecule has 0 atom stereocenters. The van der Waals surface area contributed by atoms with E-state index in [9.17, 15) is 4.79 Å². The number of methoxy groups -OCH3 is 1. The smallest absolute Gasteiger partial charge is 0.226 e. The summed E-state index contributed by atoms with van der Waals surface area (Å²) in [5.41, 5.74) is 0.863. The summed E-state index contributed by atoms with van der Waals surface area (Å²) in [6.45, 7) is 4.94. The van der Waals surface area contributed by atoms with Gasteiger partial charge < -0.3 is 15.4 Å². The van der Waals surface area contributed by atoms with Gasteiger partial charge in [-0.05, 0) is 6.42 Å². The molecule has 0 bridgehead atoms. The van der Waals surface area contributed by atoms with Crippen molar-refractivity contribution in [3.05, 3.63) is 16.1 Å². The third-order valence-corrected chi connectivity index (χ3v) is 3.39. The van der Waals surface area contributed by atoms with E-state index in [0.717, 1.165) is 30.2 Å². The van der Waals surface area contributed by atoms with Crippen molar-refractivity contribution < 1.29 is 9.53 Å². The van der Waals surface area contributed by atoms with Crippen molar-refractivity contribution in [1.29, 1.82) is 0 Å². The zero-order valence-corrected chi connectivity index (χ0v) is 11.8. The van der Waals surface area contributed by atoms with Crippen LogP contribution in [0.2, 0.25) is 0 Å². The molecular weight excluding hydrogens is 250 g/mol. The second-order valence-electron chi connectivity index (χ2n) is 3.86. The average molecular weight is 271 g/mol. The van der Waals surface area contributed by atoms with E-state index < -0.39 is 0 Å². The Kier molecular flexibility index (Phi) is 7.55. The lowest BCUT2D eigenvalue weighted by Crippen LogP contribution is -2.33. The van der Waals surface area contributed by atoms with Crippen LogP contribution in [0.5, 0.6) is 0 Å². The molecule has 0 unspecified atom stereocenters. The number of ether oxygens (including phenoxy) is 1. The minimum absolute atomic E-state index is 0.0245. The van der Waals surface area contributed by atoms with E-state index in [4.69, 9.17) is 4.74 Å². The first-order chi connectivity index (χ1) is 8.76. The van der Waals surface area contributed by atoms with Crippen molar-refractivity contribution in [3.8, 4) is 0 Å². The van der Waals surface area contributed by atoms with Crippen molar-refractivity contribution >= 4 is 17.2 Å². The molecule has 102 valence electrons. The molecule has 0 aliphatic carbocycles. The monoisotopic (exact) mass is 271 g/mol. The number of amides is 1. The van der Waals surface area contributed by atoms with Crippen LogP contribution in [-0.2, 0) is 22.4 Å². The summed E-state index contributed by atoms with van der Waals surface area (Å²) in [5, 5.41) is 9.06. The molecule has 1 amide bonds. The molecule has 1 heterocycles. The molecule has 0 aliphatic rings. The predicted octanol–water partition coefficient (Wildman–Crippen LogP) is 0.600. The summed E-state index contributed by atoms with van der Waals surface area (Å²) in [6.07, 6.45) is 1.30. The summed E-state index contributed by atoms with van der Waals surface area (Å²) in [5.74, 6) is 0.0245. The van der Waals surface area contributed by atoms with Gasteiger partial charge in [0.15, 0.2) is 0 Å². The molecular formula is C12H21N3O2S. The number of nitrogens with zero attached hydrogens (tertiary/aromatic N) is 1. The summed E-state index contributed by atoms with van der Waals surface area (Å²) in [4.78, 5) is 16.0. The number of aromatic nitrogens is 1. The Labute approximate surface area is 112 Å². The molecule has 0 spiro atoms. The van der Waals surface area contributed by atoms with Gasteiger partial charge in [0, 0.05) is 32.1 Å². The Balaban J connectivity index is 2.10. The van der Waals surface area contributed by atoms with Gasteiger partial charge in [0.1, 0.15) is 0 Å². The van der Waals surface area contributed by atoms with Crippen molar-refractivity contribution in [2.45, 2.75) is 19.8 Å². The molecule has 0 radical (unpaired) electrons. The largest absolute Gasteiger partial charge is 0.383 e. The lowest BCUT2D eigenvalue weighted by atomic mass is 10.3. The van der Waals surface area contributed by atoms with Crippen LogP contribution in [0.4, 0.5) is 0 Å². The van der Waals surface area contributed by atoms with E-state index in [2.05, 4.69) is 22.5 Å². The fourth-order valence-corrected chi connectivity index (χ4v) is 2.15. The van der Waals surface area contributed by atoms with E-state index in [1.807, 2.05) is 5.38 Å². The highest BCUT2D eigenvalue weighted by Crippen LogP contribution is 2.10. The molecule has 0 aromatic carbocycles. The fraction of sp³-hybridized carbons (Fsp3) is 0.667. The van der Waals surface area contributed by atoms with Crippen LogP contribution in [0, 0.1) is 0 Å². The van der Waals surface area contributed by atoms with Gasteiger partial charge in [-0.3, -0.25) is 4.79 Å². The molecule has 1 aromatic heterocycles. The third kappa shape index (κ3) is 6.09. The maximum Gasteiger partial charge on any atom is 0.226 e. The van der Waals surface area contributed by atoms with Gasteiger partial charge in [-0.25, -0.2) is 4.98 Å². The zero-order chi connectivity index (χ0) is 13.2. The standard InChI is InChI=1S/C12H21N3O2S/c1-3-12-15-10(9-18-12)8-11(16)14-5-4-13-6-7-17-2/h9,13H,3-8H2,1-2H3,(H,14,16). The van der Waals surface area contributed by atoms with E-state index in [1.165, 1.54) is 0 Å². The van der Waals surface area contributed by atoms with Gasteiger partial charge in [0.05, 0.1) is 23.7 Å². The molecule has 0 fully saturated rings. The van der Waals surface area contributed by atoms with E-state index >= 15 is 0 Å². The number of rotatable bonds is 9. The molecule has 1 aromatic rings. The first-order valence-corrected chi connectivity index (χ1v) is 7.03. The van der Waals surface area contributed by atoms with Crippen molar-refractivity contribution in [1.82, 2.24) is 15.6 Å². The third-order valence-electron chi connectivity index (χ3n) is 2.35. The minimum Gasteiger partial charge on any atom is -0.383 e. The molecule has 1 rings (SSSR count). The number of hydrogen-bond donors (Lipinski definition) is 2. The summed E-state index contributed by atoms with van der Waals surface area (Å²) >= 11 is 1.61. The molecule has 18 heavy (non-hydrogen) atoms. The van der Waals surface area contributed by atoms with E-state index in [0.29, 0.717) is 19.6 Å². The topological polar surface area (TPSA) is 63.2 Å². The predicted molar refractivity (Wildman–Crippen MR) is 73.0 cm³/mol. The second-order valence-corrected chi connectivity index (χ2v) is 4.80. The lowest BCUT2D eigenvalue weighted by molar-refractivity contribution is -0.120. The van der Waals surface area contributed by atoms with Gasteiger partial charge >= 0.3 is 0 Å².